The molecule has 3 nitrogen and oxygen atoms in total. The summed E-state index contributed by atoms with van der Waals surface area (Å²) in [6.07, 6.45) is 1.65. The second-order valence-electron chi connectivity index (χ2n) is 3.97. The molecule has 16 heavy (non-hydrogen) atoms. The van der Waals surface area contributed by atoms with Crippen molar-refractivity contribution in [2.75, 3.05) is 0 Å². The number of amides is 1. The lowest BCUT2D eigenvalue weighted by atomic mass is 9.93. The van der Waals surface area contributed by atoms with Crippen LogP contribution in [-0.2, 0) is 11.3 Å². The molecule has 1 aliphatic carbocycles. The monoisotopic (exact) mass is 283 g/mol. The van der Waals surface area contributed by atoms with Crippen molar-refractivity contribution in [3.8, 4) is 0 Å². The van der Waals surface area contributed by atoms with Crippen LogP contribution in [0.2, 0.25) is 0 Å². The number of rotatable bonds is 3. The van der Waals surface area contributed by atoms with Gasteiger partial charge in [0.15, 0.2) is 0 Å². The first-order valence-corrected chi connectivity index (χ1v) is 6.27. The normalized spacial score (nSPS) is 23.3. The number of nitrogens with one attached hydrogen (secondary N) is 1. The molecule has 1 fully saturated rings. The van der Waals surface area contributed by atoms with Gasteiger partial charge in [-0.3, -0.25) is 0 Å². The second-order valence-corrected chi connectivity index (χ2v) is 5.27. The van der Waals surface area contributed by atoms with Crippen LogP contribution >= 0.6 is 15.9 Å². The van der Waals surface area contributed by atoms with Crippen LogP contribution in [0, 0.1) is 0 Å². The predicted molar refractivity (Wildman–Crippen MR) is 65.5 cm³/mol. The lowest BCUT2D eigenvalue weighted by Gasteiger charge is -2.31. The van der Waals surface area contributed by atoms with Crippen LogP contribution in [-0.4, -0.2) is 17.0 Å². The third kappa shape index (κ3) is 3.23. The molecule has 1 aliphatic rings. The highest BCUT2D eigenvalue weighted by atomic mass is 79.9. The Labute approximate surface area is 103 Å². The van der Waals surface area contributed by atoms with Crippen LogP contribution in [0.4, 0.5) is 4.79 Å². The number of hydrogen-bond donors (Lipinski definition) is 1. The van der Waals surface area contributed by atoms with Gasteiger partial charge in [-0.1, -0.05) is 46.3 Å². The highest BCUT2D eigenvalue weighted by Crippen LogP contribution is 2.26. The second kappa shape index (κ2) is 5.34. The summed E-state index contributed by atoms with van der Waals surface area (Å²) in [5.41, 5.74) is 1.00. The van der Waals surface area contributed by atoms with Gasteiger partial charge in [-0.05, 0) is 18.4 Å². The minimum Gasteiger partial charge on any atom is -0.445 e. The molecule has 4 heteroatoms. The Hall–Kier alpha value is -1.03. The van der Waals surface area contributed by atoms with Crippen LogP contribution in [0.5, 0.6) is 0 Å². The van der Waals surface area contributed by atoms with E-state index in [4.69, 9.17) is 4.74 Å². The Morgan fingerprint density at radius 3 is 2.69 bits per heavy atom. The molecule has 1 saturated carbocycles. The molecule has 86 valence electrons. The Bertz CT molecular complexity index is 349. The van der Waals surface area contributed by atoms with Crippen molar-refractivity contribution in [3.63, 3.8) is 0 Å². The maximum atomic E-state index is 11.4. The minimum absolute atomic E-state index is 0.271. The van der Waals surface area contributed by atoms with Gasteiger partial charge in [0, 0.05) is 10.9 Å². The van der Waals surface area contributed by atoms with E-state index in [0.717, 1.165) is 18.4 Å². The Kier molecular flexibility index (Phi) is 3.83. The molecule has 0 spiro atoms. The van der Waals surface area contributed by atoms with E-state index < -0.39 is 0 Å². The zero-order chi connectivity index (χ0) is 11.4. The van der Waals surface area contributed by atoms with Gasteiger partial charge in [-0.2, -0.15) is 0 Å². The van der Waals surface area contributed by atoms with Gasteiger partial charge >= 0.3 is 6.09 Å². The summed E-state index contributed by atoms with van der Waals surface area (Å²) >= 11 is 3.47. The molecule has 0 saturated heterocycles. The summed E-state index contributed by atoms with van der Waals surface area (Å²) in [4.78, 5) is 11.9. The van der Waals surface area contributed by atoms with E-state index in [1.807, 2.05) is 30.3 Å². The van der Waals surface area contributed by atoms with Gasteiger partial charge in [-0.15, -0.1) is 0 Å². The van der Waals surface area contributed by atoms with Gasteiger partial charge in [0.25, 0.3) is 0 Å². The van der Waals surface area contributed by atoms with Crippen molar-refractivity contribution in [2.45, 2.75) is 30.3 Å². The van der Waals surface area contributed by atoms with Crippen molar-refractivity contribution >= 4 is 22.0 Å². The molecule has 0 aromatic heterocycles. The van der Waals surface area contributed by atoms with Gasteiger partial charge < -0.3 is 10.1 Å². The van der Waals surface area contributed by atoms with E-state index in [0.29, 0.717) is 11.4 Å². The summed E-state index contributed by atoms with van der Waals surface area (Å²) in [5.74, 6) is 0. The van der Waals surface area contributed by atoms with Gasteiger partial charge in [0.1, 0.15) is 6.61 Å². The maximum absolute atomic E-state index is 11.4. The molecule has 0 radical (unpaired) electrons. The third-order valence-corrected chi connectivity index (χ3v) is 3.36. The van der Waals surface area contributed by atoms with Gasteiger partial charge in [-0.25, -0.2) is 4.79 Å². The van der Waals surface area contributed by atoms with Gasteiger partial charge in [0.05, 0.1) is 0 Å². The molecular formula is C12H14BrNO2. The number of alkyl halides is 1. The fourth-order valence-corrected chi connectivity index (χ4v) is 2.50. The van der Waals surface area contributed by atoms with Crippen molar-refractivity contribution in [3.05, 3.63) is 35.9 Å². The average molecular weight is 284 g/mol. The number of ether oxygens (including phenoxy) is 1. The van der Waals surface area contributed by atoms with Gasteiger partial charge in [0.2, 0.25) is 0 Å². The van der Waals surface area contributed by atoms with Crippen molar-refractivity contribution < 1.29 is 9.53 Å². The lowest BCUT2D eigenvalue weighted by Crippen LogP contribution is -2.44. The van der Waals surface area contributed by atoms with E-state index in [2.05, 4.69) is 21.2 Å². The van der Waals surface area contributed by atoms with Crippen LogP contribution in [0.3, 0.4) is 0 Å². The molecule has 1 amide bonds. The molecule has 1 aromatic rings. The van der Waals surface area contributed by atoms with E-state index in [9.17, 15) is 4.79 Å². The SMILES string of the molecule is O=C(NC1CC(Br)C1)OCc1ccccc1. The molecule has 0 unspecified atom stereocenters. The fourth-order valence-electron chi connectivity index (χ4n) is 1.60. The van der Waals surface area contributed by atoms with Crippen LogP contribution in [0.25, 0.3) is 0 Å². The zero-order valence-corrected chi connectivity index (χ0v) is 10.4. The molecular weight excluding hydrogens is 270 g/mol. The summed E-state index contributed by atoms with van der Waals surface area (Å²) in [5, 5.41) is 2.83. The van der Waals surface area contributed by atoms with Crippen LogP contribution in [0.15, 0.2) is 30.3 Å². The largest absolute Gasteiger partial charge is 0.445 e. The zero-order valence-electron chi connectivity index (χ0n) is 8.86. The topological polar surface area (TPSA) is 38.3 Å². The summed E-state index contributed by atoms with van der Waals surface area (Å²) in [6.45, 7) is 0.330. The molecule has 2 rings (SSSR count). The van der Waals surface area contributed by atoms with E-state index in [1.54, 1.807) is 0 Å². The molecule has 0 bridgehead atoms. The third-order valence-electron chi connectivity index (χ3n) is 2.62. The summed E-state index contributed by atoms with van der Waals surface area (Å²) in [6, 6.07) is 9.94. The van der Waals surface area contributed by atoms with Crippen molar-refractivity contribution in [1.82, 2.24) is 5.32 Å². The average Bonchev–Trinajstić information content (AvgIpc) is 2.26. The molecule has 1 N–H and O–H groups in total. The molecule has 0 atom stereocenters. The van der Waals surface area contributed by atoms with Crippen molar-refractivity contribution in [1.29, 1.82) is 0 Å². The number of carbonyl (C=O) groups is 1. The quantitative estimate of drug-likeness (QED) is 0.867. The van der Waals surface area contributed by atoms with E-state index >= 15 is 0 Å². The number of halogens is 1. The highest BCUT2D eigenvalue weighted by molar-refractivity contribution is 9.09. The maximum Gasteiger partial charge on any atom is 0.407 e. The Morgan fingerprint density at radius 2 is 2.06 bits per heavy atom. The molecule has 0 aliphatic heterocycles. The lowest BCUT2D eigenvalue weighted by molar-refractivity contribution is 0.131. The highest BCUT2D eigenvalue weighted by Gasteiger charge is 2.28. The number of alkyl carbamates (subject to hydrolysis) is 1. The number of carbonyl (C=O) groups excluding carboxylic acids is 1. The smallest absolute Gasteiger partial charge is 0.407 e. The first-order valence-electron chi connectivity index (χ1n) is 5.35. The summed E-state index contributed by atoms with van der Waals surface area (Å²) in [7, 11) is 0. The van der Waals surface area contributed by atoms with Crippen molar-refractivity contribution in [2.24, 2.45) is 0 Å². The number of benzene rings is 1. The Morgan fingerprint density at radius 1 is 1.38 bits per heavy atom. The van der Waals surface area contributed by atoms with Crippen LogP contribution < -0.4 is 5.32 Å². The van der Waals surface area contributed by atoms with E-state index in [-0.39, 0.29) is 12.1 Å². The first-order chi connectivity index (χ1) is 7.74. The van der Waals surface area contributed by atoms with Crippen LogP contribution in [0.1, 0.15) is 18.4 Å². The Balaban J connectivity index is 1.68. The minimum atomic E-state index is -0.326. The summed E-state index contributed by atoms with van der Waals surface area (Å²) < 4.78 is 5.10. The molecule has 1 aromatic carbocycles. The van der Waals surface area contributed by atoms with E-state index in [1.165, 1.54) is 0 Å². The number of hydrogen-bond acceptors (Lipinski definition) is 2. The predicted octanol–water partition coefficient (Wildman–Crippen LogP) is 2.84. The fraction of sp³-hybridized carbons (Fsp3) is 0.417. The standard InChI is InChI=1S/C12H14BrNO2/c13-10-6-11(7-10)14-12(15)16-8-9-4-2-1-3-5-9/h1-5,10-11H,6-8H2,(H,14,15). The first kappa shape index (κ1) is 11.5. The molecule has 0 heterocycles.